The monoisotopic (exact) mass is 360 g/mol. The minimum absolute atomic E-state index is 0.0238. The van der Waals surface area contributed by atoms with Crippen LogP contribution in [-0.4, -0.2) is 14.7 Å². The summed E-state index contributed by atoms with van der Waals surface area (Å²) in [5.41, 5.74) is 1.01. The second kappa shape index (κ2) is 6.73. The number of hydrogen-bond acceptors (Lipinski definition) is 4. The second-order valence-electron chi connectivity index (χ2n) is 5.12. The normalized spacial score (nSPS) is 11.5. The zero-order chi connectivity index (χ0) is 17.2. The Morgan fingerprint density at radius 1 is 0.917 bits per heavy atom. The van der Waals surface area contributed by atoms with Gasteiger partial charge in [-0.1, -0.05) is 54.1 Å². The van der Waals surface area contributed by atoms with Crippen LogP contribution in [0.25, 0.3) is 10.8 Å². The minimum atomic E-state index is -4.00. The first-order chi connectivity index (χ1) is 11.5. The summed E-state index contributed by atoms with van der Waals surface area (Å²) >= 11 is 6.02. The number of aldehydes is 1. The Morgan fingerprint density at radius 3 is 2.29 bits per heavy atom. The quantitative estimate of drug-likeness (QED) is 0.505. The van der Waals surface area contributed by atoms with Gasteiger partial charge in [-0.25, -0.2) is 0 Å². The van der Waals surface area contributed by atoms with Crippen molar-refractivity contribution in [3.8, 4) is 0 Å². The fourth-order valence-electron chi connectivity index (χ4n) is 2.44. The van der Waals surface area contributed by atoms with Gasteiger partial charge in [0.1, 0.15) is 4.90 Å². The lowest BCUT2D eigenvalue weighted by molar-refractivity contribution is 0.112. The molecule has 0 aromatic heterocycles. The van der Waals surface area contributed by atoms with Gasteiger partial charge in [0.2, 0.25) is 0 Å². The van der Waals surface area contributed by atoms with E-state index in [2.05, 4.69) is 0 Å². The van der Waals surface area contributed by atoms with E-state index in [4.69, 9.17) is 15.8 Å². The highest BCUT2D eigenvalue weighted by molar-refractivity contribution is 7.87. The van der Waals surface area contributed by atoms with E-state index in [0.29, 0.717) is 33.2 Å². The zero-order valence-corrected chi connectivity index (χ0v) is 14.0. The molecule has 0 unspecified atom stereocenters. The average molecular weight is 361 g/mol. The first-order valence-electron chi connectivity index (χ1n) is 7.13. The van der Waals surface area contributed by atoms with E-state index in [9.17, 15) is 13.2 Å². The van der Waals surface area contributed by atoms with Crippen LogP contribution in [0.5, 0.6) is 0 Å². The van der Waals surface area contributed by atoms with Gasteiger partial charge in [0.05, 0.1) is 6.61 Å². The van der Waals surface area contributed by atoms with Gasteiger partial charge in [0.25, 0.3) is 10.1 Å². The highest BCUT2D eigenvalue weighted by Gasteiger charge is 2.20. The van der Waals surface area contributed by atoms with Crippen LogP contribution in [0.1, 0.15) is 15.9 Å². The lowest BCUT2D eigenvalue weighted by Crippen LogP contribution is -2.08. The van der Waals surface area contributed by atoms with E-state index in [1.54, 1.807) is 48.5 Å². The van der Waals surface area contributed by atoms with Crippen LogP contribution in [0.4, 0.5) is 0 Å². The molecule has 122 valence electrons. The zero-order valence-electron chi connectivity index (χ0n) is 12.5. The standard InChI is InChI=1S/C18H13ClO4S/c19-17-8-4-1-5-14(17)12-23-24(21,22)18-10-9-13(11-20)15-6-2-3-7-16(15)18/h1-11H,12H2. The van der Waals surface area contributed by atoms with Gasteiger partial charge in [-0.2, -0.15) is 8.42 Å². The van der Waals surface area contributed by atoms with Crippen molar-refractivity contribution in [2.24, 2.45) is 0 Å². The number of fused-ring (bicyclic) bond motifs is 1. The van der Waals surface area contributed by atoms with Gasteiger partial charge >= 0.3 is 0 Å². The summed E-state index contributed by atoms with van der Waals surface area (Å²) in [6.45, 7) is -0.161. The highest BCUT2D eigenvalue weighted by Crippen LogP contribution is 2.28. The Balaban J connectivity index is 2.00. The van der Waals surface area contributed by atoms with Crippen LogP contribution in [0.3, 0.4) is 0 Å². The summed E-state index contributed by atoms with van der Waals surface area (Å²) in [5, 5.41) is 1.45. The van der Waals surface area contributed by atoms with Crippen molar-refractivity contribution in [1.29, 1.82) is 0 Å². The summed E-state index contributed by atoms with van der Waals surface area (Å²) < 4.78 is 30.3. The summed E-state index contributed by atoms with van der Waals surface area (Å²) in [4.78, 5) is 11.2. The summed E-state index contributed by atoms with van der Waals surface area (Å²) in [6.07, 6.45) is 0.698. The van der Waals surface area contributed by atoms with E-state index < -0.39 is 10.1 Å². The highest BCUT2D eigenvalue weighted by atomic mass is 35.5. The van der Waals surface area contributed by atoms with Crippen molar-refractivity contribution >= 4 is 38.8 Å². The Hall–Kier alpha value is -2.21. The van der Waals surface area contributed by atoms with E-state index in [0.717, 1.165) is 0 Å². The summed E-state index contributed by atoms with van der Waals surface area (Å²) in [7, 11) is -4.00. The van der Waals surface area contributed by atoms with Crippen LogP contribution < -0.4 is 0 Å². The average Bonchev–Trinajstić information content (AvgIpc) is 2.60. The molecule has 0 heterocycles. The first-order valence-corrected chi connectivity index (χ1v) is 8.91. The largest absolute Gasteiger partial charge is 0.298 e. The molecule has 0 aliphatic heterocycles. The summed E-state index contributed by atoms with van der Waals surface area (Å²) in [5.74, 6) is 0. The molecule has 0 saturated heterocycles. The van der Waals surface area contributed by atoms with E-state index >= 15 is 0 Å². The van der Waals surface area contributed by atoms with Crippen molar-refractivity contribution in [1.82, 2.24) is 0 Å². The molecule has 0 aliphatic carbocycles. The molecule has 0 aliphatic rings. The van der Waals surface area contributed by atoms with Gasteiger partial charge < -0.3 is 0 Å². The van der Waals surface area contributed by atoms with E-state index in [1.165, 1.54) is 12.1 Å². The van der Waals surface area contributed by atoms with Gasteiger partial charge in [0.15, 0.2) is 6.29 Å². The number of halogens is 1. The molecule has 0 amide bonds. The van der Waals surface area contributed by atoms with Gasteiger partial charge in [0, 0.05) is 16.0 Å². The number of carbonyl (C=O) groups excluding carboxylic acids is 1. The third-order valence-electron chi connectivity index (χ3n) is 3.64. The number of hydrogen-bond donors (Lipinski definition) is 0. The van der Waals surface area contributed by atoms with Crippen molar-refractivity contribution in [2.75, 3.05) is 0 Å². The van der Waals surface area contributed by atoms with Crippen molar-refractivity contribution in [3.05, 3.63) is 76.8 Å². The van der Waals surface area contributed by atoms with Crippen molar-refractivity contribution in [3.63, 3.8) is 0 Å². The van der Waals surface area contributed by atoms with Crippen LogP contribution >= 0.6 is 11.6 Å². The molecule has 3 rings (SSSR count). The second-order valence-corrected chi connectivity index (χ2v) is 7.12. The third-order valence-corrected chi connectivity index (χ3v) is 5.33. The van der Waals surface area contributed by atoms with Crippen molar-refractivity contribution in [2.45, 2.75) is 11.5 Å². The Morgan fingerprint density at radius 2 is 1.58 bits per heavy atom. The van der Waals surface area contributed by atoms with Crippen LogP contribution in [0.15, 0.2) is 65.6 Å². The molecule has 0 fully saturated rings. The molecule has 0 atom stereocenters. The Labute approximate surface area is 144 Å². The predicted molar refractivity (Wildman–Crippen MR) is 92.8 cm³/mol. The third kappa shape index (κ3) is 3.19. The molecular weight excluding hydrogens is 348 g/mol. The predicted octanol–water partition coefficient (Wildman–Crippen LogP) is 4.21. The lowest BCUT2D eigenvalue weighted by atomic mass is 10.1. The van der Waals surface area contributed by atoms with Crippen molar-refractivity contribution < 1.29 is 17.4 Å². The molecule has 24 heavy (non-hydrogen) atoms. The molecule has 4 nitrogen and oxygen atoms in total. The lowest BCUT2D eigenvalue weighted by Gasteiger charge is -2.10. The minimum Gasteiger partial charge on any atom is -0.298 e. The fraction of sp³-hybridized carbons (Fsp3) is 0.0556. The Kier molecular flexibility index (Phi) is 4.66. The Bertz CT molecular complexity index is 1010. The van der Waals surface area contributed by atoms with Crippen LogP contribution in [0, 0.1) is 0 Å². The van der Waals surface area contributed by atoms with Crippen LogP contribution in [-0.2, 0) is 20.9 Å². The number of rotatable bonds is 5. The molecule has 6 heteroatoms. The van der Waals surface area contributed by atoms with E-state index in [1.807, 2.05) is 0 Å². The van der Waals surface area contributed by atoms with Gasteiger partial charge in [-0.3, -0.25) is 8.98 Å². The molecular formula is C18H13ClO4S. The fourth-order valence-corrected chi connectivity index (χ4v) is 3.72. The SMILES string of the molecule is O=Cc1ccc(S(=O)(=O)OCc2ccccc2Cl)c2ccccc12. The molecule has 3 aromatic carbocycles. The maximum atomic E-state index is 12.6. The maximum absolute atomic E-state index is 12.6. The van der Waals surface area contributed by atoms with E-state index in [-0.39, 0.29) is 11.5 Å². The molecule has 0 saturated carbocycles. The van der Waals surface area contributed by atoms with Gasteiger partial charge in [-0.15, -0.1) is 0 Å². The topological polar surface area (TPSA) is 60.4 Å². The molecule has 0 spiro atoms. The summed E-state index contributed by atoms with van der Waals surface area (Å²) in [6, 6.07) is 16.5. The first kappa shape index (κ1) is 16.6. The maximum Gasteiger partial charge on any atom is 0.297 e. The molecule has 3 aromatic rings. The van der Waals surface area contributed by atoms with Gasteiger partial charge in [-0.05, 0) is 29.1 Å². The molecule has 0 radical (unpaired) electrons. The number of carbonyl (C=O) groups is 1. The molecule has 0 N–H and O–H groups in total. The smallest absolute Gasteiger partial charge is 0.297 e. The molecule has 0 bridgehead atoms. The number of benzene rings is 3. The van der Waals surface area contributed by atoms with Crippen LogP contribution in [0.2, 0.25) is 5.02 Å².